The van der Waals surface area contributed by atoms with Gasteiger partial charge >= 0.3 is 0 Å². The maximum atomic E-state index is 12.5. The lowest BCUT2D eigenvalue weighted by molar-refractivity contribution is 0.0753. The summed E-state index contributed by atoms with van der Waals surface area (Å²) in [5, 5.41) is 5.92. The first kappa shape index (κ1) is 13.1. The molecule has 0 atom stereocenters. The van der Waals surface area contributed by atoms with Gasteiger partial charge in [0.25, 0.3) is 5.91 Å². The minimum absolute atomic E-state index is 0.103. The van der Waals surface area contributed by atoms with Crippen LogP contribution in [0.3, 0.4) is 0 Å². The van der Waals surface area contributed by atoms with Crippen molar-refractivity contribution in [1.29, 1.82) is 0 Å². The first-order chi connectivity index (χ1) is 9.78. The van der Waals surface area contributed by atoms with Crippen LogP contribution in [0.15, 0.2) is 40.8 Å². The first-order valence-electron chi connectivity index (χ1n) is 6.67. The molecule has 0 radical (unpaired) electrons. The van der Waals surface area contributed by atoms with Crippen LogP contribution < -0.4 is 0 Å². The Morgan fingerprint density at radius 2 is 2.45 bits per heavy atom. The molecule has 1 amide bonds. The van der Waals surface area contributed by atoms with Gasteiger partial charge in [-0.25, -0.2) is 0 Å². The Labute approximate surface area is 121 Å². The predicted molar refractivity (Wildman–Crippen MR) is 77.7 cm³/mol. The molecular formula is C15H16N2O2S. The summed E-state index contributed by atoms with van der Waals surface area (Å²) in [5.74, 6) is 1.20. The molecule has 1 aliphatic carbocycles. The Bertz CT molecular complexity index is 599. The van der Waals surface area contributed by atoms with Crippen LogP contribution in [-0.2, 0) is 6.54 Å². The van der Waals surface area contributed by atoms with Gasteiger partial charge in [-0.15, -0.1) is 17.9 Å². The van der Waals surface area contributed by atoms with Crippen LogP contribution in [0.1, 0.15) is 39.9 Å². The number of hydrogen-bond donors (Lipinski definition) is 0. The Hall–Kier alpha value is -1.88. The summed E-state index contributed by atoms with van der Waals surface area (Å²) in [4.78, 5) is 15.4. The van der Waals surface area contributed by atoms with Gasteiger partial charge in [-0.05, 0) is 24.3 Å². The van der Waals surface area contributed by atoms with Crippen molar-refractivity contribution in [3.05, 3.63) is 52.6 Å². The van der Waals surface area contributed by atoms with E-state index in [0.29, 0.717) is 24.7 Å². The number of carbonyl (C=O) groups is 1. The number of thiophene rings is 1. The number of hydrogen-bond acceptors (Lipinski definition) is 4. The number of amides is 1. The number of rotatable bonds is 6. The van der Waals surface area contributed by atoms with Gasteiger partial charge in [-0.3, -0.25) is 4.79 Å². The van der Waals surface area contributed by atoms with Crippen LogP contribution in [-0.4, -0.2) is 22.5 Å². The Balaban J connectivity index is 1.74. The van der Waals surface area contributed by atoms with Crippen molar-refractivity contribution in [3.63, 3.8) is 0 Å². The zero-order chi connectivity index (χ0) is 13.9. The predicted octanol–water partition coefficient (Wildman–Crippen LogP) is 3.44. The van der Waals surface area contributed by atoms with Gasteiger partial charge < -0.3 is 9.42 Å². The number of aromatic nitrogens is 1. The maximum Gasteiger partial charge on any atom is 0.276 e. The van der Waals surface area contributed by atoms with E-state index in [1.807, 2.05) is 17.5 Å². The van der Waals surface area contributed by atoms with E-state index in [4.69, 9.17) is 4.52 Å². The molecule has 0 aromatic carbocycles. The van der Waals surface area contributed by atoms with Crippen LogP contribution in [0.2, 0.25) is 0 Å². The van der Waals surface area contributed by atoms with E-state index in [1.165, 1.54) is 0 Å². The topological polar surface area (TPSA) is 46.3 Å². The van der Waals surface area contributed by atoms with E-state index < -0.39 is 0 Å². The summed E-state index contributed by atoms with van der Waals surface area (Å²) in [6.07, 6.45) is 4.00. The average molecular weight is 288 g/mol. The second-order valence-corrected chi connectivity index (χ2v) is 5.97. The number of nitrogens with zero attached hydrogens (tertiary/aromatic N) is 2. The lowest BCUT2D eigenvalue weighted by atomic mass is 10.2. The fourth-order valence-electron chi connectivity index (χ4n) is 2.08. The van der Waals surface area contributed by atoms with Crippen LogP contribution in [0, 0.1) is 0 Å². The van der Waals surface area contributed by atoms with Crippen molar-refractivity contribution in [3.8, 4) is 0 Å². The molecular weight excluding hydrogens is 272 g/mol. The van der Waals surface area contributed by atoms with Crippen molar-refractivity contribution in [1.82, 2.24) is 10.1 Å². The molecule has 0 saturated heterocycles. The van der Waals surface area contributed by atoms with Gasteiger partial charge in [0.1, 0.15) is 5.76 Å². The van der Waals surface area contributed by atoms with Crippen molar-refractivity contribution in [2.75, 3.05) is 6.54 Å². The first-order valence-corrected chi connectivity index (χ1v) is 7.55. The highest BCUT2D eigenvalue weighted by Gasteiger charge is 2.29. The summed E-state index contributed by atoms with van der Waals surface area (Å²) in [6.45, 7) is 4.79. The molecule has 104 valence electrons. The summed E-state index contributed by atoms with van der Waals surface area (Å²) in [7, 11) is 0. The standard InChI is InChI=1S/C15H16N2O2S/c1-2-7-17(10-12-4-3-8-20-12)15(18)13-9-14(19-16-13)11-5-6-11/h2-4,8-9,11H,1,5-7,10H2. The van der Waals surface area contributed by atoms with Crippen LogP contribution >= 0.6 is 11.3 Å². The summed E-state index contributed by atoms with van der Waals surface area (Å²) < 4.78 is 5.25. The van der Waals surface area contributed by atoms with Gasteiger partial charge in [-0.2, -0.15) is 0 Å². The zero-order valence-electron chi connectivity index (χ0n) is 11.1. The maximum absolute atomic E-state index is 12.5. The number of carbonyl (C=O) groups excluding carboxylic acids is 1. The van der Waals surface area contributed by atoms with E-state index in [-0.39, 0.29) is 5.91 Å². The molecule has 0 aliphatic heterocycles. The monoisotopic (exact) mass is 288 g/mol. The van der Waals surface area contributed by atoms with E-state index in [0.717, 1.165) is 23.5 Å². The van der Waals surface area contributed by atoms with Crippen molar-refractivity contribution in [2.24, 2.45) is 0 Å². The van der Waals surface area contributed by atoms with Crippen LogP contribution in [0.5, 0.6) is 0 Å². The zero-order valence-corrected chi connectivity index (χ0v) is 11.9. The fourth-order valence-corrected chi connectivity index (χ4v) is 2.80. The Morgan fingerprint density at radius 1 is 1.60 bits per heavy atom. The molecule has 1 fully saturated rings. The Kier molecular flexibility index (Phi) is 3.69. The lowest BCUT2D eigenvalue weighted by Crippen LogP contribution is -2.30. The summed E-state index contributed by atoms with van der Waals surface area (Å²) in [5.41, 5.74) is 0.394. The highest BCUT2D eigenvalue weighted by atomic mass is 32.1. The van der Waals surface area contributed by atoms with Crippen molar-refractivity contribution >= 4 is 17.2 Å². The minimum Gasteiger partial charge on any atom is -0.360 e. The highest BCUT2D eigenvalue weighted by Crippen LogP contribution is 2.40. The Morgan fingerprint density at radius 3 is 3.10 bits per heavy atom. The smallest absolute Gasteiger partial charge is 0.276 e. The molecule has 0 unspecified atom stereocenters. The van der Waals surface area contributed by atoms with Gasteiger partial charge in [0.15, 0.2) is 5.69 Å². The van der Waals surface area contributed by atoms with Gasteiger partial charge in [0, 0.05) is 23.4 Å². The average Bonchev–Trinajstić information content (AvgIpc) is 2.98. The third kappa shape index (κ3) is 2.82. The second-order valence-electron chi connectivity index (χ2n) is 4.94. The van der Waals surface area contributed by atoms with Crippen LogP contribution in [0.4, 0.5) is 0 Å². The normalized spacial score (nSPS) is 14.2. The second kappa shape index (κ2) is 5.63. The fraction of sp³-hybridized carbons (Fsp3) is 0.333. The van der Waals surface area contributed by atoms with Crippen LogP contribution in [0.25, 0.3) is 0 Å². The SMILES string of the molecule is C=CCN(Cc1cccs1)C(=O)c1cc(C2CC2)on1. The van der Waals surface area contributed by atoms with Gasteiger partial charge in [-0.1, -0.05) is 17.3 Å². The minimum atomic E-state index is -0.103. The molecule has 20 heavy (non-hydrogen) atoms. The highest BCUT2D eigenvalue weighted by molar-refractivity contribution is 7.09. The molecule has 3 rings (SSSR count). The molecule has 1 aliphatic rings. The summed E-state index contributed by atoms with van der Waals surface area (Å²) >= 11 is 1.64. The molecule has 2 heterocycles. The largest absolute Gasteiger partial charge is 0.360 e. The third-order valence-corrected chi connectivity index (χ3v) is 4.15. The van der Waals surface area contributed by atoms with Gasteiger partial charge in [0.2, 0.25) is 0 Å². The lowest BCUT2D eigenvalue weighted by Gasteiger charge is -2.18. The van der Waals surface area contributed by atoms with E-state index in [2.05, 4.69) is 11.7 Å². The molecule has 0 spiro atoms. The molecule has 4 nitrogen and oxygen atoms in total. The quantitative estimate of drug-likeness (QED) is 0.765. The van der Waals surface area contributed by atoms with Gasteiger partial charge in [0.05, 0.1) is 6.54 Å². The third-order valence-electron chi connectivity index (χ3n) is 3.29. The molecule has 0 bridgehead atoms. The summed E-state index contributed by atoms with van der Waals surface area (Å²) in [6, 6.07) is 5.79. The van der Waals surface area contributed by atoms with Crippen molar-refractivity contribution < 1.29 is 9.32 Å². The molecule has 2 aromatic heterocycles. The van der Waals surface area contributed by atoms with E-state index in [1.54, 1.807) is 28.4 Å². The molecule has 0 N–H and O–H groups in total. The molecule has 5 heteroatoms. The van der Waals surface area contributed by atoms with E-state index >= 15 is 0 Å². The van der Waals surface area contributed by atoms with Crippen molar-refractivity contribution in [2.45, 2.75) is 25.3 Å². The van der Waals surface area contributed by atoms with E-state index in [9.17, 15) is 4.79 Å². The molecule has 1 saturated carbocycles. The molecule has 2 aromatic rings.